The second-order valence-corrected chi connectivity index (χ2v) is 6.72. The molecular formula is C14H14ClN3O3S. The van der Waals surface area contributed by atoms with Crippen LogP contribution in [0.3, 0.4) is 0 Å². The van der Waals surface area contributed by atoms with E-state index in [0.29, 0.717) is 11.1 Å². The number of benzene rings is 1. The first-order valence-corrected chi connectivity index (χ1v) is 8.16. The highest BCUT2D eigenvalue weighted by atomic mass is 35.5. The first kappa shape index (κ1) is 16.4. The standard InChI is InChI=1S/C14H14ClN3O3S/c1-9-7-11(8-17-13(9)15)22(20,21)18-12(14(16)19)10-5-3-2-4-6-10/h2-8,12,18H,1H3,(H2,16,19)/t12-/m1/s1. The zero-order chi connectivity index (χ0) is 16.3. The fourth-order valence-corrected chi connectivity index (χ4v) is 3.16. The summed E-state index contributed by atoms with van der Waals surface area (Å²) in [5, 5.41) is 0.216. The molecule has 0 radical (unpaired) electrons. The Kier molecular flexibility index (Phi) is 4.80. The molecule has 2 aromatic rings. The van der Waals surface area contributed by atoms with Gasteiger partial charge in [0.25, 0.3) is 0 Å². The molecule has 1 amide bonds. The third kappa shape index (κ3) is 3.62. The van der Waals surface area contributed by atoms with Crippen LogP contribution in [-0.2, 0) is 14.8 Å². The Morgan fingerprint density at radius 2 is 1.95 bits per heavy atom. The van der Waals surface area contributed by atoms with Gasteiger partial charge in [0.05, 0.1) is 0 Å². The number of aryl methyl sites for hydroxylation is 1. The van der Waals surface area contributed by atoms with Crippen molar-refractivity contribution in [1.29, 1.82) is 0 Å². The van der Waals surface area contributed by atoms with E-state index in [-0.39, 0.29) is 10.0 Å². The van der Waals surface area contributed by atoms with Crippen molar-refractivity contribution >= 4 is 27.5 Å². The van der Waals surface area contributed by atoms with Crippen LogP contribution in [0.5, 0.6) is 0 Å². The first-order chi connectivity index (χ1) is 10.3. The number of aromatic nitrogens is 1. The number of carbonyl (C=O) groups excluding carboxylic acids is 1. The number of primary amides is 1. The molecule has 6 nitrogen and oxygen atoms in total. The van der Waals surface area contributed by atoms with Gasteiger partial charge in [-0.3, -0.25) is 4.79 Å². The van der Waals surface area contributed by atoms with Crippen molar-refractivity contribution in [2.75, 3.05) is 0 Å². The lowest BCUT2D eigenvalue weighted by Gasteiger charge is -2.16. The Morgan fingerprint density at radius 1 is 1.32 bits per heavy atom. The number of nitrogens with one attached hydrogen (secondary N) is 1. The highest BCUT2D eigenvalue weighted by molar-refractivity contribution is 7.89. The molecule has 0 spiro atoms. The largest absolute Gasteiger partial charge is 0.368 e. The molecule has 8 heteroatoms. The number of rotatable bonds is 5. The predicted octanol–water partition coefficient (Wildman–Crippen LogP) is 1.55. The van der Waals surface area contributed by atoms with Crippen molar-refractivity contribution in [3.63, 3.8) is 0 Å². The maximum Gasteiger partial charge on any atom is 0.243 e. The number of nitrogens with two attached hydrogens (primary N) is 1. The Hall–Kier alpha value is -1.96. The van der Waals surface area contributed by atoms with Crippen LogP contribution in [0.25, 0.3) is 0 Å². The van der Waals surface area contributed by atoms with Gasteiger partial charge in [-0.15, -0.1) is 0 Å². The topological polar surface area (TPSA) is 102 Å². The average Bonchev–Trinajstić information content (AvgIpc) is 2.48. The van der Waals surface area contributed by atoms with Crippen molar-refractivity contribution in [3.8, 4) is 0 Å². The van der Waals surface area contributed by atoms with Crippen molar-refractivity contribution in [3.05, 3.63) is 58.9 Å². The minimum Gasteiger partial charge on any atom is -0.368 e. The molecule has 0 aliphatic carbocycles. The maximum atomic E-state index is 12.4. The van der Waals surface area contributed by atoms with Crippen molar-refractivity contribution in [2.45, 2.75) is 17.9 Å². The molecule has 3 N–H and O–H groups in total. The minimum absolute atomic E-state index is 0.0865. The third-order valence-electron chi connectivity index (χ3n) is 2.99. The second-order valence-electron chi connectivity index (χ2n) is 4.65. The van der Waals surface area contributed by atoms with Gasteiger partial charge in [0.15, 0.2) is 0 Å². The van der Waals surface area contributed by atoms with E-state index in [1.165, 1.54) is 6.07 Å². The van der Waals surface area contributed by atoms with Gasteiger partial charge in [0.1, 0.15) is 16.1 Å². The molecule has 0 bridgehead atoms. The number of amides is 1. The smallest absolute Gasteiger partial charge is 0.243 e. The fourth-order valence-electron chi connectivity index (χ4n) is 1.84. The Labute approximate surface area is 133 Å². The molecular weight excluding hydrogens is 326 g/mol. The monoisotopic (exact) mass is 339 g/mol. The maximum absolute atomic E-state index is 12.4. The predicted molar refractivity (Wildman–Crippen MR) is 82.7 cm³/mol. The van der Waals surface area contributed by atoms with Gasteiger partial charge >= 0.3 is 0 Å². The summed E-state index contributed by atoms with van der Waals surface area (Å²) in [5.74, 6) is -0.798. The van der Waals surface area contributed by atoms with Gasteiger partial charge in [-0.2, -0.15) is 4.72 Å². The van der Waals surface area contributed by atoms with Crippen LogP contribution in [-0.4, -0.2) is 19.3 Å². The lowest BCUT2D eigenvalue weighted by molar-refractivity contribution is -0.119. The summed E-state index contributed by atoms with van der Waals surface area (Å²) in [7, 11) is -3.96. The molecule has 1 aromatic heterocycles. The van der Waals surface area contributed by atoms with E-state index in [4.69, 9.17) is 17.3 Å². The van der Waals surface area contributed by atoms with E-state index in [1.807, 2.05) is 0 Å². The zero-order valence-corrected chi connectivity index (χ0v) is 13.2. The van der Waals surface area contributed by atoms with E-state index in [2.05, 4.69) is 9.71 Å². The summed E-state index contributed by atoms with van der Waals surface area (Å²) in [6, 6.07) is 8.57. The quantitative estimate of drug-likeness (QED) is 0.807. The van der Waals surface area contributed by atoms with Gasteiger partial charge in [-0.1, -0.05) is 41.9 Å². The molecule has 0 aliphatic heterocycles. The van der Waals surface area contributed by atoms with Crippen LogP contribution in [0.1, 0.15) is 17.2 Å². The number of pyridine rings is 1. The van der Waals surface area contributed by atoms with Crippen molar-refractivity contribution in [2.24, 2.45) is 5.73 Å². The Balaban J connectivity index is 2.36. The molecule has 1 aromatic carbocycles. The summed E-state index contributed by atoms with van der Waals surface area (Å²) >= 11 is 5.78. The summed E-state index contributed by atoms with van der Waals surface area (Å²) in [6.07, 6.45) is 1.13. The third-order valence-corrected chi connectivity index (χ3v) is 4.78. The Morgan fingerprint density at radius 3 is 2.50 bits per heavy atom. The van der Waals surface area contributed by atoms with Crippen LogP contribution in [0.2, 0.25) is 5.15 Å². The van der Waals surface area contributed by atoms with Gasteiger partial charge in [0, 0.05) is 6.20 Å². The zero-order valence-electron chi connectivity index (χ0n) is 11.7. The van der Waals surface area contributed by atoms with E-state index in [0.717, 1.165) is 6.20 Å². The van der Waals surface area contributed by atoms with Gasteiger partial charge in [-0.25, -0.2) is 13.4 Å². The summed E-state index contributed by atoms with van der Waals surface area (Å²) in [4.78, 5) is 15.3. The lowest BCUT2D eigenvalue weighted by Crippen LogP contribution is -2.37. The van der Waals surface area contributed by atoms with Crippen LogP contribution in [0.4, 0.5) is 0 Å². The number of halogens is 1. The van der Waals surface area contributed by atoms with Gasteiger partial charge in [0.2, 0.25) is 15.9 Å². The fraction of sp³-hybridized carbons (Fsp3) is 0.143. The molecule has 1 atom stereocenters. The summed E-state index contributed by atoms with van der Waals surface area (Å²) in [6.45, 7) is 1.64. The van der Waals surface area contributed by atoms with E-state index < -0.39 is 22.0 Å². The molecule has 22 heavy (non-hydrogen) atoms. The molecule has 1 heterocycles. The molecule has 0 fully saturated rings. The van der Waals surface area contributed by atoms with Crippen LogP contribution >= 0.6 is 11.6 Å². The molecule has 2 rings (SSSR count). The van der Waals surface area contributed by atoms with E-state index >= 15 is 0 Å². The van der Waals surface area contributed by atoms with Crippen molar-refractivity contribution in [1.82, 2.24) is 9.71 Å². The van der Waals surface area contributed by atoms with Crippen molar-refractivity contribution < 1.29 is 13.2 Å². The van der Waals surface area contributed by atoms with Crippen LogP contribution in [0.15, 0.2) is 47.5 Å². The molecule has 0 saturated heterocycles. The second kappa shape index (κ2) is 6.43. The number of carbonyl (C=O) groups is 1. The first-order valence-electron chi connectivity index (χ1n) is 6.30. The van der Waals surface area contributed by atoms with Crippen LogP contribution < -0.4 is 10.5 Å². The SMILES string of the molecule is Cc1cc(S(=O)(=O)N[C@@H](C(N)=O)c2ccccc2)cnc1Cl. The van der Waals surface area contributed by atoms with E-state index in [9.17, 15) is 13.2 Å². The molecule has 0 saturated carbocycles. The number of hydrogen-bond acceptors (Lipinski definition) is 4. The van der Waals surface area contributed by atoms with Gasteiger partial charge in [-0.05, 0) is 24.1 Å². The highest BCUT2D eigenvalue weighted by Gasteiger charge is 2.26. The van der Waals surface area contributed by atoms with E-state index in [1.54, 1.807) is 37.3 Å². The molecule has 116 valence electrons. The lowest BCUT2D eigenvalue weighted by atomic mass is 10.1. The number of hydrogen-bond donors (Lipinski definition) is 2. The van der Waals surface area contributed by atoms with Crippen LogP contribution in [0, 0.1) is 6.92 Å². The highest BCUT2D eigenvalue weighted by Crippen LogP contribution is 2.19. The molecule has 0 aliphatic rings. The Bertz CT molecular complexity index is 794. The number of sulfonamides is 1. The number of nitrogens with zero attached hydrogens (tertiary/aromatic N) is 1. The average molecular weight is 340 g/mol. The normalized spacial score (nSPS) is 12.8. The summed E-state index contributed by atoms with van der Waals surface area (Å²) in [5.41, 5.74) is 6.27. The summed E-state index contributed by atoms with van der Waals surface area (Å²) < 4.78 is 27.1. The minimum atomic E-state index is -3.96. The van der Waals surface area contributed by atoms with Gasteiger partial charge < -0.3 is 5.73 Å². The molecule has 0 unspecified atom stereocenters.